The number of pyridine rings is 1. The maximum absolute atomic E-state index is 12.0. The molecule has 5 heteroatoms. The molecule has 1 heterocycles. The van der Waals surface area contributed by atoms with E-state index in [-0.39, 0.29) is 5.57 Å². The molecule has 0 spiro atoms. The number of benzene rings is 1. The highest BCUT2D eigenvalue weighted by molar-refractivity contribution is 5.98. The summed E-state index contributed by atoms with van der Waals surface area (Å²) in [6.45, 7) is 2.67. The zero-order chi connectivity index (χ0) is 17.9. The second-order valence-corrected chi connectivity index (χ2v) is 5.35. The average molecular weight is 336 g/mol. The summed E-state index contributed by atoms with van der Waals surface area (Å²) in [5, 5.41) is 9.24. The molecule has 2 rings (SSSR count). The quantitative estimate of drug-likeness (QED) is 0.316. The molecule has 1 aromatic carbocycles. The minimum absolute atomic E-state index is 0.0477. The first-order valence-corrected chi connectivity index (χ1v) is 8.14. The Morgan fingerprint density at radius 1 is 1.28 bits per heavy atom. The molecule has 0 aliphatic heterocycles. The van der Waals surface area contributed by atoms with E-state index in [1.165, 1.54) is 6.08 Å². The number of nitrogens with zero attached hydrogens (tertiary/aromatic N) is 2. The van der Waals surface area contributed by atoms with Crippen molar-refractivity contribution >= 4 is 12.0 Å². The zero-order valence-corrected chi connectivity index (χ0v) is 14.1. The van der Waals surface area contributed by atoms with Gasteiger partial charge < -0.3 is 9.47 Å². The van der Waals surface area contributed by atoms with Crippen LogP contribution in [0.4, 0.5) is 0 Å². The summed E-state index contributed by atoms with van der Waals surface area (Å²) in [5.74, 6) is -0.0292. The maximum Gasteiger partial charge on any atom is 0.348 e. The number of ether oxygens (including phenoxy) is 2. The predicted molar refractivity (Wildman–Crippen MR) is 94.5 cm³/mol. The van der Waals surface area contributed by atoms with Crippen LogP contribution in [0.3, 0.4) is 0 Å². The number of unbranched alkanes of at least 4 members (excludes halogenated alkanes) is 1. The zero-order valence-electron chi connectivity index (χ0n) is 14.1. The molecule has 0 saturated carbocycles. The van der Waals surface area contributed by atoms with Gasteiger partial charge in [-0.2, -0.15) is 5.26 Å². The number of esters is 1. The van der Waals surface area contributed by atoms with Crippen molar-refractivity contribution in [1.29, 1.82) is 5.26 Å². The fourth-order valence-corrected chi connectivity index (χ4v) is 2.06. The molecule has 0 atom stereocenters. The third-order valence-corrected chi connectivity index (χ3v) is 3.41. The molecule has 0 aliphatic carbocycles. The minimum atomic E-state index is -0.613. The Labute approximate surface area is 147 Å². The molecule has 0 saturated heterocycles. The Bertz CT molecular complexity index is 764. The SMILES string of the molecule is CCCCOC(=O)C(C#N)=Cc1ccccc1OCc1cccnc1. The van der Waals surface area contributed by atoms with E-state index >= 15 is 0 Å². The van der Waals surface area contributed by atoms with Crippen molar-refractivity contribution in [2.24, 2.45) is 0 Å². The molecule has 25 heavy (non-hydrogen) atoms. The van der Waals surface area contributed by atoms with Gasteiger partial charge in [-0.05, 0) is 24.6 Å². The number of hydrogen-bond donors (Lipinski definition) is 0. The minimum Gasteiger partial charge on any atom is -0.488 e. The lowest BCUT2D eigenvalue weighted by Crippen LogP contribution is -2.08. The van der Waals surface area contributed by atoms with Gasteiger partial charge in [0.1, 0.15) is 24.0 Å². The first kappa shape index (κ1) is 18.2. The van der Waals surface area contributed by atoms with Gasteiger partial charge in [0.05, 0.1) is 6.61 Å². The predicted octanol–water partition coefficient (Wildman–Crippen LogP) is 3.91. The van der Waals surface area contributed by atoms with Crippen LogP contribution in [0.5, 0.6) is 5.75 Å². The third-order valence-electron chi connectivity index (χ3n) is 3.41. The molecule has 0 unspecified atom stereocenters. The van der Waals surface area contributed by atoms with Gasteiger partial charge in [-0.15, -0.1) is 0 Å². The Kier molecular flexibility index (Phi) is 7.20. The van der Waals surface area contributed by atoms with E-state index in [9.17, 15) is 10.1 Å². The second kappa shape index (κ2) is 9.89. The first-order valence-electron chi connectivity index (χ1n) is 8.14. The van der Waals surface area contributed by atoms with Crippen molar-refractivity contribution in [1.82, 2.24) is 4.98 Å². The summed E-state index contributed by atoms with van der Waals surface area (Å²) in [4.78, 5) is 16.0. The van der Waals surface area contributed by atoms with Crippen LogP contribution in [0.1, 0.15) is 30.9 Å². The molecular formula is C20H20N2O3. The topological polar surface area (TPSA) is 72.2 Å². The highest BCUT2D eigenvalue weighted by Crippen LogP contribution is 2.22. The van der Waals surface area contributed by atoms with Gasteiger partial charge in [-0.25, -0.2) is 4.79 Å². The van der Waals surface area contributed by atoms with Crippen LogP contribution >= 0.6 is 0 Å². The van der Waals surface area contributed by atoms with E-state index in [1.54, 1.807) is 24.5 Å². The summed E-state index contributed by atoms with van der Waals surface area (Å²) in [7, 11) is 0. The summed E-state index contributed by atoms with van der Waals surface area (Å²) < 4.78 is 10.9. The number of nitriles is 1. The molecule has 5 nitrogen and oxygen atoms in total. The standard InChI is InChI=1S/C20H20N2O3/c1-2-3-11-24-20(23)18(13-21)12-17-8-4-5-9-19(17)25-15-16-7-6-10-22-14-16/h4-10,12,14H,2-3,11,15H2,1H3. The van der Waals surface area contributed by atoms with E-state index in [1.807, 2.05) is 37.3 Å². The van der Waals surface area contributed by atoms with E-state index < -0.39 is 5.97 Å². The number of carbonyl (C=O) groups is 1. The van der Waals surface area contributed by atoms with Gasteiger partial charge in [0.25, 0.3) is 0 Å². The number of carbonyl (C=O) groups excluding carboxylic acids is 1. The van der Waals surface area contributed by atoms with Crippen LogP contribution in [0, 0.1) is 11.3 Å². The smallest absolute Gasteiger partial charge is 0.348 e. The number of hydrogen-bond acceptors (Lipinski definition) is 5. The number of rotatable bonds is 8. The first-order chi connectivity index (χ1) is 12.2. The lowest BCUT2D eigenvalue weighted by atomic mass is 10.1. The van der Waals surface area contributed by atoms with Gasteiger partial charge in [0, 0.05) is 23.5 Å². The number of aromatic nitrogens is 1. The van der Waals surface area contributed by atoms with Crippen LogP contribution in [0.15, 0.2) is 54.4 Å². The molecule has 0 amide bonds. The highest BCUT2D eigenvalue weighted by atomic mass is 16.5. The van der Waals surface area contributed by atoms with E-state index in [2.05, 4.69) is 4.98 Å². The van der Waals surface area contributed by atoms with Crippen LogP contribution in [0.25, 0.3) is 6.08 Å². The van der Waals surface area contributed by atoms with Crippen molar-refractivity contribution < 1.29 is 14.3 Å². The van der Waals surface area contributed by atoms with Gasteiger partial charge in [-0.3, -0.25) is 4.98 Å². The summed E-state index contributed by atoms with van der Waals surface area (Å²) in [5.41, 5.74) is 1.53. The highest BCUT2D eigenvalue weighted by Gasteiger charge is 2.12. The Balaban J connectivity index is 2.12. The fraction of sp³-hybridized carbons (Fsp3) is 0.250. The monoisotopic (exact) mass is 336 g/mol. The van der Waals surface area contributed by atoms with Crippen LogP contribution in [0.2, 0.25) is 0 Å². The van der Waals surface area contributed by atoms with Gasteiger partial charge in [-0.1, -0.05) is 37.6 Å². The second-order valence-electron chi connectivity index (χ2n) is 5.35. The normalized spacial score (nSPS) is 10.8. The van der Waals surface area contributed by atoms with Crippen molar-refractivity contribution in [3.8, 4) is 11.8 Å². The average Bonchev–Trinajstić information content (AvgIpc) is 2.66. The van der Waals surface area contributed by atoms with Crippen molar-refractivity contribution in [2.75, 3.05) is 6.61 Å². The van der Waals surface area contributed by atoms with E-state index in [4.69, 9.17) is 9.47 Å². The molecule has 0 radical (unpaired) electrons. The molecule has 0 N–H and O–H groups in total. The largest absolute Gasteiger partial charge is 0.488 e. The summed E-state index contributed by atoms with van der Waals surface area (Å²) in [6, 6.07) is 12.9. The number of para-hydroxylation sites is 1. The Hall–Kier alpha value is -3.13. The van der Waals surface area contributed by atoms with Crippen LogP contribution < -0.4 is 4.74 Å². The van der Waals surface area contributed by atoms with Crippen molar-refractivity contribution in [3.05, 3.63) is 65.5 Å². The fourth-order valence-electron chi connectivity index (χ4n) is 2.06. The maximum atomic E-state index is 12.0. The lowest BCUT2D eigenvalue weighted by molar-refractivity contribution is -0.138. The Morgan fingerprint density at radius 2 is 2.12 bits per heavy atom. The van der Waals surface area contributed by atoms with Crippen molar-refractivity contribution in [2.45, 2.75) is 26.4 Å². The third kappa shape index (κ3) is 5.78. The van der Waals surface area contributed by atoms with Crippen LogP contribution in [-0.4, -0.2) is 17.6 Å². The van der Waals surface area contributed by atoms with E-state index in [0.717, 1.165) is 18.4 Å². The van der Waals surface area contributed by atoms with Gasteiger partial charge >= 0.3 is 5.97 Å². The molecule has 0 bridgehead atoms. The molecule has 1 aromatic heterocycles. The van der Waals surface area contributed by atoms with Crippen molar-refractivity contribution in [3.63, 3.8) is 0 Å². The van der Waals surface area contributed by atoms with Crippen LogP contribution in [-0.2, 0) is 16.1 Å². The van der Waals surface area contributed by atoms with Gasteiger partial charge in [0.15, 0.2) is 0 Å². The summed E-state index contributed by atoms with van der Waals surface area (Å²) in [6.07, 6.45) is 6.61. The van der Waals surface area contributed by atoms with Gasteiger partial charge in [0.2, 0.25) is 0 Å². The molecule has 128 valence electrons. The molecule has 2 aromatic rings. The Morgan fingerprint density at radius 3 is 2.84 bits per heavy atom. The lowest BCUT2D eigenvalue weighted by Gasteiger charge is -2.09. The summed E-state index contributed by atoms with van der Waals surface area (Å²) >= 11 is 0. The van der Waals surface area contributed by atoms with E-state index in [0.29, 0.717) is 24.5 Å². The molecular weight excluding hydrogens is 316 g/mol. The molecule has 0 fully saturated rings. The molecule has 0 aliphatic rings.